The highest BCUT2D eigenvalue weighted by Gasteiger charge is 2.32. The maximum Gasteiger partial charge on any atom is 0.237 e. The predicted molar refractivity (Wildman–Crippen MR) is 81.6 cm³/mol. The summed E-state index contributed by atoms with van der Waals surface area (Å²) in [4.78, 5) is 14.1. The van der Waals surface area contributed by atoms with Gasteiger partial charge in [0.2, 0.25) is 5.91 Å². The number of aromatic nitrogens is 2. The van der Waals surface area contributed by atoms with Crippen LogP contribution in [0.3, 0.4) is 0 Å². The number of H-pyrrole nitrogens is 1. The van der Waals surface area contributed by atoms with Gasteiger partial charge in [-0.05, 0) is 26.0 Å². The molecule has 6 heteroatoms. The van der Waals surface area contributed by atoms with Crippen LogP contribution in [0.4, 0.5) is 4.39 Å². The first-order chi connectivity index (χ1) is 10.7. The molecule has 1 aliphatic rings. The van der Waals surface area contributed by atoms with Gasteiger partial charge in [0.25, 0.3) is 0 Å². The molecule has 5 nitrogen and oxygen atoms in total. The van der Waals surface area contributed by atoms with Gasteiger partial charge in [-0.2, -0.15) is 5.10 Å². The Kier molecular flexibility index (Phi) is 4.20. The normalized spacial score (nSPS) is 17.9. The summed E-state index contributed by atoms with van der Waals surface area (Å²) in [7, 11) is 1.75. The summed E-state index contributed by atoms with van der Waals surface area (Å²) in [6.07, 6.45) is 3.43. The Labute approximate surface area is 128 Å². The smallest absolute Gasteiger partial charge is 0.237 e. The molecule has 1 fully saturated rings. The van der Waals surface area contributed by atoms with E-state index in [0.717, 1.165) is 30.6 Å². The molecule has 1 saturated heterocycles. The molecular weight excluding hydrogens is 283 g/mol. The van der Waals surface area contributed by atoms with Gasteiger partial charge in [0.1, 0.15) is 5.82 Å². The average molecular weight is 302 g/mol. The topological polar surface area (TPSA) is 61.0 Å². The molecule has 1 amide bonds. The Hall–Kier alpha value is -2.21. The maximum atomic E-state index is 14.1. The van der Waals surface area contributed by atoms with Crippen LogP contribution in [-0.4, -0.2) is 41.1 Å². The average Bonchev–Trinajstić information content (AvgIpc) is 3.16. The van der Waals surface area contributed by atoms with Crippen molar-refractivity contribution in [2.75, 3.05) is 20.1 Å². The van der Waals surface area contributed by atoms with Crippen LogP contribution in [0.25, 0.3) is 11.1 Å². The number of likely N-dealkylation sites (N-methyl/N-ethyl adjacent to an activating group) is 1. The van der Waals surface area contributed by atoms with Gasteiger partial charge in [-0.15, -0.1) is 0 Å². The highest BCUT2D eigenvalue weighted by atomic mass is 19.1. The van der Waals surface area contributed by atoms with Crippen molar-refractivity contribution < 1.29 is 9.18 Å². The summed E-state index contributed by atoms with van der Waals surface area (Å²) in [5, 5.41) is 9.94. The van der Waals surface area contributed by atoms with E-state index in [0.29, 0.717) is 12.1 Å². The summed E-state index contributed by atoms with van der Waals surface area (Å²) in [6.45, 7) is 1.03. The number of carbonyl (C=O) groups excluding carboxylic acids is 1. The van der Waals surface area contributed by atoms with Crippen molar-refractivity contribution in [3.63, 3.8) is 0 Å². The number of nitrogens with one attached hydrogen (secondary N) is 2. The number of nitrogens with zero attached hydrogens (tertiary/aromatic N) is 2. The predicted octanol–water partition coefficient (Wildman–Crippen LogP) is 2.10. The molecule has 3 rings (SSSR count). The summed E-state index contributed by atoms with van der Waals surface area (Å²) >= 11 is 0. The van der Waals surface area contributed by atoms with E-state index in [1.54, 1.807) is 31.4 Å². The Morgan fingerprint density at radius 1 is 1.45 bits per heavy atom. The number of carbonyl (C=O) groups is 1. The van der Waals surface area contributed by atoms with Crippen molar-refractivity contribution in [2.45, 2.75) is 18.9 Å². The SMILES string of the molecule is CNCC(=O)N1CCCC1c1[nH]ncc1-c1ccccc1F. The Balaban J connectivity index is 1.95. The lowest BCUT2D eigenvalue weighted by molar-refractivity contribution is -0.131. The van der Waals surface area contributed by atoms with Crippen molar-refractivity contribution in [2.24, 2.45) is 0 Å². The van der Waals surface area contributed by atoms with Crippen molar-refractivity contribution in [3.05, 3.63) is 42.0 Å². The summed E-state index contributed by atoms with van der Waals surface area (Å²) in [5.74, 6) is -0.227. The van der Waals surface area contributed by atoms with Crippen LogP contribution in [0.5, 0.6) is 0 Å². The van der Waals surface area contributed by atoms with Crippen LogP contribution in [0.2, 0.25) is 0 Å². The minimum absolute atomic E-state index is 0.0547. The van der Waals surface area contributed by atoms with Crippen LogP contribution >= 0.6 is 0 Å². The van der Waals surface area contributed by atoms with E-state index in [-0.39, 0.29) is 17.8 Å². The Bertz CT molecular complexity index is 670. The molecule has 0 spiro atoms. The molecular formula is C16H19FN4O. The number of hydrogen-bond donors (Lipinski definition) is 2. The third kappa shape index (κ3) is 2.62. The zero-order valence-electron chi connectivity index (χ0n) is 12.5. The van der Waals surface area contributed by atoms with Gasteiger partial charge >= 0.3 is 0 Å². The third-order valence-electron chi connectivity index (χ3n) is 4.07. The molecule has 22 heavy (non-hydrogen) atoms. The first-order valence-corrected chi connectivity index (χ1v) is 7.44. The van der Waals surface area contributed by atoms with E-state index in [1.807, 2.05) is 4.90 Å². The minimum atomic E-state index is -0.281. The highest BCUT2D eigenvalue weighted by molar-refractivity contribution is 5.79. The van der Waals surface area contributed by atoms with Gasteiger partial charge < -0.3 is 10.2 Å². The lowest BCUT2D eigenvalue weighted by atomic mass is 10.0. The van der Waals surface area contributed by atoms with Crippen LogP contribution in [0.15, 0.2) is 30.5 Å². The van der Waals surface area contributed by atoms with E-state index in [2.05, 4.69) is 15.5 Å². The number of hydrogen-bond acceptors (Lipinski definition) is 3. The molecule has 2 aromatic rings. The second-order valence-electron chi connectivity index (χ2n) is 5.45. The fraction of sp³-hybridized carbons (Fsp3) is 0.375. The largest absolute Gasteiger partial charge is 0.333 e. The van der Waals surface area contributed by atoms with E-state index in [9.17, 15) is 9.18 Å². The quantitative estimate of drug-likeness (QED) is 0.909. The molecule has 116 valence electrons. The summed E-state index contributed by atoms with van der Waals surface area (Å²) in [5.41, 5.74) is 2.05. The Morgan fingerprint density at radius 3 is 3.05 bits per heavy atom. The number of benzene rings is 1. The van der Waals surface area contributed by atoms with Crippen molar-refractivity contribution >= 4 is 5.91 Å². The zero-order valence-corrected chi connectivity index (χ0v) is 12.5. The fourth-order valence-corrected chi connectivity index (χ4v) is 3.06. The standard InChI is InChI=1S/C16H19FN4O/c1-18-10-15(22)21-8-4-7-14(21)16-12(9-19-20-16)11-5-2-3-6-13(11)17/h2-3,5-6,9,14,18H,4,7-8,10H2,1H3,(H,19,20). The molecule has 1 aromatic heterocycles. The van der Waals surface area contributed by atoms with E-state index >= 15 is 0 Å². The molecule has 0 bridgehead atoms. The summed E-state index contributed by atoms with van der Waals surface area (Å²) in [6, 6.07) is 6.56. The number of likely N-dealkylation sites (tertiary alicyclic amines) is 1. The number of rotatable bonds is 4. The van der Waals surface area contributed by atoms with Crippen molar-refractivity contribution in [3.8, 4) is 11.1 Å². The molecule has 1 unspecified atom stereocenters. The number of halogens is 1. The van der Waals surface area contributed by atoms with Gasteiger partial charge in [0.05, 0.1) is 24.5 Å². The van der Waals surface area contributed by atoms with Crippen LogP contribution in [-0.2, 0) is 4.79 Å². The fourth-order valence-electron chi connectivity index (χ4n) is 3.06. The second kappa shape index (κ2) is 6.27. The lowest BCUT2D eigenvalue weighted by Crippen LogP contribution is -2.36. The zero-order chi connectivity index (χ0) is 15.5. The first-order valence-electron chi connectivity index (χ1n) is 7.44. The molecule has 1 aliphatic heterocycles. The van der Waals surface area contributed by atoms with E-state index in [1.165, 1.54) is 6.07 Å². The number of amides is 1. The van der Waals surface area contributed by atoms with Gasteiger partial charge in [0.15, 0.2) is 0 Å². The molecule has 1 aromatic carbocycles. The molecule has 2 heterocycles. The molecule has 1 atom stereocenters. The Morgan fingerprint density at radius 2 is 2.27 bits per heavy atom. The molecule has 0 saturated carbocycles. The molecule has 2 N–H and O–H groups in total. The monoisotopic (exact) mass is 302 g/mol. The number of aromatic amines is 1. The second-order valence-corrected chi connectivity index (χ2v) is 5.45. The van der Waals surface area contributed by atoms with Gasteiger partial charge in [0, 0.05) is 17.7 Å². The third-order valence-corrected chi connectivity index (χ3v) is 4.07. The molecule has 0 aliphatic carbocycles. The van der Waals surface area contributed by atoms with Gasteiger partial charge in [-0.25, -0.2) is 4.39 Å². The minimum Gasteiger partial charge on any atom is -0.333 e. The van der Waals surface area contributed by atoms with Crippen LogP contribution in [0, 0.1) is 5.82 Å². The van der Waals surface area contributed by atoms with Crippen LogP contribution < -0.4 is 5.32 Å². The van der Waals surface area contributed by atoms with E-state index in [4.69, 9.17) is 0 Å². The summed E-state index contributed by atoms with van der Waals surface area (Å²) < 4.78 is 14.1. The maximum absolute atomic E-state index is 14.1. The van der Waals surface area contributed by atoms with Crippen molar-refractivity contribution in [1.29, 1.82) is 0 Å². The first kappa shape index (κ1) is 14.7. The van der Waals surface area contributed by atoms with Crippen molar-refractivity contribution in [1.82, 2.24) is 20.4 Å². The lowest BCUT2D eigenvalue weighted by Gasteiger charge is -2.24. The highest BCUT2D eigenvalue weighted by Crippen LogP contribution is 2.37. The van der Waals surface area contributed by atoms with Gasteiger partial charge in [-0.1, -0.05) is 18.2 Å². The van der Waals surface area contributed by atoms with E-state index < -0.39 is 0 Å². The van der Waals surface area contributed by atoms with Crippen LogP contribution in [0.1, 0.15) is 24.6 Å². The molecule has 0 radical (unpaired) electrons. The van der Waals surface area contributed by atoms with Gasteiger partial charge in [-0.3, -0.25) is 9.89 Å².